The van der Waals surface area contributed by atoms with Crippen LogP contribution in [0.2, 0.25) is 0 Å². The highest BCUT2D eigenvalue weighted by Crippen LogP contribution is 2.24. The second-order valence-electron chi connectivity index (χ2n) is 4.34. The van der Waals surface area contributed by atoms with Crippen molar-refractivity contribution in [3.05, 3.63) is 59.3 Å². The third-order valence-corrected chi connectivity index (χ3v) is 5.23. The molecule has 0 radical (unpaired) electrons. The summed E-state index contributed by atoms with van der Waals surface area (Å²) in [6.45, 7) is 0. The maximum atomic E-state index is 12.4. The molecule has 3 aromatic rings. The number of sulfonamides is 1. The van der Waals surface area contributed by atoms with Gasteiger partial charge in [0.05, 0.1) is 11.4 Å². The molecule has 0 saturated heterocycles. The van der Waals surface area contributed by atoms with Gasteiger partial charge in [-0.25, -0.2) is 13.1 Å². The summed E-state index contributed by atoms with van der Waals surface area (Å²) in [7, 11) is -3.69. The molecule has 112 valence electrons. The molecule has 3 rings (SSSR count). The summed E-state index contributed by atoms with van der Waals surface area (Å²) < 4.78 is 29.3. The molecule has 1 N–H and O–H groups in total. The second-order valence-corrected chi connectivity index (χ2v) is 6.85. The van der Waals surface area contributed by atoms with Crippen LogP contribution in [0.5, 0.6) is 0 Å². The van der Waals surface area contributed by atoms with Crippen LogP contribution in [0, 0.1) is 0 Å². The number of benzene rings is 2. The van der Waals surface area contributed by atoms with Gasteiger partial charge in [0.2, 0.25) is 0 Å². The van der Waals surface area contributed by atoms with E-state index in [1.807, 2.05) is 0 Å². The van der Waals surface area contributed by atoms with Crippen LogP contribution >= 0.6 is 15.9 Å². The quantitative estimate of drug-likeness (QED) is 0.750. The summed E-state index contributed by atoms with van der Waals surface area (Å²) >= 11 is 3.24. The largest absolute Gasteiger partial charge is 0.280 e. The van der Waals surface area contributed by atoms with E-state index in [9.17, 15) is 8.42 Å². The monoisotopic (exact) mass is 379 g/mol. The van der Waals surface area contributed by atoms with Gasteiger partial charge in [-0.15, -0.1) is 5.10 Å². The Kier molecular flexibility index (Phi) is 3.90. The van der Waals surface area contributed by atoms with Crippen LogP contribution < -0.4 is 4.72 Å². The Morgan fingerprint density at radius 3 is 2.64 bits per heavy atom. The smallest absolute Gasteiger partial charge is 0.263 e. The van der Waals surface area contributed by atoms with Crippen molar-refractivity contribution in [3.8, 4) is 5.69 Å². The third kappa shape index (κ3) is 3.00. The van der Waals surface area contributed by atoms with Crippen LogP contribution in [0.1, 0.15) is 0 Å². The van der Waals surface area contributed by atoms with E-state index in [0.717, 1.165) is 0 Å². The molecular formula is C13H10BrN5O2S. The molecule has 7 nitrogen and oxygen atoms in total. The first kappa shape index (κ1) is 14.7. The fourth-order valence-corrected chi connectivity index (χ4v) is 3.92. The Morgan fingerprint density at radius 1 is 1.09 bits per heavy atom. The maximum Gasteiger partial charge on any atom is 0.263 e. The molecule has 0 bridgehead atoms. The molecular weight excluding hydrogens is 370 g/mol. The highest BCUT2D eigenvalue weighted by atomic mass is 79.9. The van der Waals surface area contributed by atoms with Crippen molar-refractivity contribution in [2.45, 2.75) is 4.90 Å². The molecule has 2 aromatic carbocycles. The molecule has 22 heavy (non-hydrogen) atoms. The lowest BCUT2D eigenvalue weighted by atomic mass is 10.3. The van der Waals surface area contributed by atoms with Gasteiger partial charge < -0.3 is 0 Å². The predicted octanol–water partition coefficient (Wildman–Crippen LogP) is 2.23. The number of tetrazole rings is 1. The number of nitrogens with one attached hydrogen (secondary N) is 1. The topological polar surface area (TPSA) is 89.8 Å². The SMILES string of the molecule is O=S(=O)(Nc1cccc(-n2cnnn2)c1)c1ccccc1Br. The zero-order valence-electron chi connectivity index (χ0n) is 11.1. The van der Waals surface area contributed by atoms with E-state index in [4.69, 9.17) is 0 Å². The lowest BCUT2D eigenvalue weighted by Gasteiger charge is -2.10. The van der Waals surface area contributed by atoms with Crippen molar-refractivity contribution in [1.29, 1.82) is 0 Å². The van der Waals surface area contributed by atoms with Crippen molar-refractivity contribution < 1.29 is 8.42 Å². The van der Waals surface area contributed by atoms with Crippen LogP contribution in [0.3, 0.4) is 0 Å². The van der Waals surface area contributed by atoms with Crippen LogP contribution in [0.25, 0.3) is 5.69 Å². The van der Waals surface area contributed by atoms with Gasteiger partial charge in [-0.1, -0.05) is 18.2 Å². The van der Waals surface area contributed by atoms with E-state index < -0.39 is 10.0 Å². The van der Waals surface area contributed by atoms with Crippen molar-refractivity contribution in [2.24, 2.45) is 0 Å². The minimum Gasteiger partial charge on any atom is -0.280 e. The highest BCUT2D eigenvalue weighted by Gasteiger charge is 2.17. The van der Waals surface area contributed by atoms with Gasteiger partial charge in [0.25, 0.3) is 10.0 Å². The first-order valence-electron chi connectivity index (χ1n) is 6.17. The molecule has 0 fully saturated rings. The van der Waals surface area contributed by atoms with E-state index >= 15 is 0 Å². The second kappa shape index (κ2) is 5.85. The maximum absolute atomic E-state index is 12.4. The van der Waals surface area contributed by atoms with E-state index in [1.165, 1.54) is 17.1 Å². The summed E-state index contributed by atoms with van der Waals surface area (Å²) in [5, 5.41) is 10.9. The number of rotatable bonds is 4. The first-order valence-corrected chi connectivity index (χ1v) is 8.45. The molecule has 0 unspecified atom stereocenters. The van der Waals surface area contributed by atoms with Crippen molar-refractivity contribution in [1.82, 2.24) is 20.2 Å². The normalized spacial score (nSPS) is 11.3. The van der Waals surface area contributed by atoms with Crippen molar-refractivity contribution >= 4 is 31.6 Å². The molecule has 0 atom stereocenters. The average Bonchev–Trinajstić information content (AvgIpc) is 3.01. The third-order valence-electron chi connectivity index (χ3n) is 2.84. The lowest BCUT2D eigenvalue weighted by Crippen LogP contribution is -2.13. The van der Waals surface area contributed by atoms with Crippen LogP contribution in [-0.4, -0.2) is 28.6 Å². The number of anilines is 1. The number of nitrogens with zero attached hydrogens (tertiary/aromatic N) is 4. The number of hydrogen-bond acceptors (Lipinski definition) is 5. The van der Waals surface area contributed by atoms with Gasteiger partial charge in [0.1, 0.15) is 11.2 Å². The van der Waals surface area contributed by atoms with Gasteiger partial charge in [-0.05, 0) is 56.7 Å². The Hall–Kier alpha value is -2.26. The van der Waals surface area contributed by atoms with Crippen LogP contribution in [0.4, 0.5) is 5.69 Å². The van der Waals surface area contributed by atoms with Crippen molar-refractivity contribution in [2.75, 3.05) is 4.72 Å². The van der Waals surface area contributed by atoms with Crippen LogP contribution in [-0.2, 0) is 10.0 Å². The van der Waals surface area contributed by atoms with E-state index in [2.05, 4.69) is 36.2 Å². The average molecular weight is 380 g/mol. The minimum atomic E-state index is -3.69. The molecule has 0 aliphatic heterocycles. The molecule has 1 aromatic heterocycles. The molecule has 0 spiro atoms. The minimum absolute atomic E-state index is 0.169. The molecule has 0 aliphatic rings. The van der Waals surface area contributed by atoms with E-state index in [-0.39, 0.29) is 4.90 Å². The predicted molar refractivity (Wildman–Crippen MR) is 84.1 cm³/mol. The standard InChI is InChI=1S/C13H10BrN5O2S/c14-12-6-1-2-7-13(12)22(20,21)16-10-4-3-5-11(8-10)19-9-15-17-18-19/h1-9,16H. The summed E-state index contributed by atoms with van der Waals surface area (Å²) in [6, 6.07) is 13.4. The van der Waals surface area contributed by atoms with Gasteiger partial charge in [0, 0.05) is 4.47 Å². The lowest BCUT2D eigenvalue weighted by molar-refractivity contribution is 0.601. The summed E-state index contributed by atoms with van der Waals surface area (Å²) in [5.74, 6) is 0. The fraction of sp³-hybridized carbons (Fsp3) is 0. The molecule has 9 heteroatoms. The molecule has 1 heterocycles. The molecule has 0 amide bonds. The Labute approximate surface area is 135 Å². The Morgan fingerprint density at radius 2 is 1.91 bits per heavy atom. The van der Waals surface area contributed by atoms with Crippen LogP contribution in [0.15, 0.2) is 64.2 Å². The number of halogens is 1. The Balaban J connectivity index is 1.93. The summed E-state index contributed by atoms with van der Waals surface area (Å²) in [6.07, 6.45) is 1.43. The number of aromatic nitrogens is 4. The van der Waals surface area contributed by atoms with Crippen molar-refractivity contribution in [3.63, 3.8) is 0 Å². The zero-order valence-corrected chi connectivity index (χ0v) is 13.5. The summed E-state index contributed by atoms with van der Waals surface area (Å²) in [4.78, 5) is 0.169. The first-order chi connectivity index (χ1) is 10.6. The van der Waals surface area contributed by atoms with Gasteiger partial charge in [-0.3, -0.25) is 4.72 Å². The van der Waals surface area contributed by atoms with Gasteiger partial charge >= 0.3 is 0 Å². The number of hydrogen-bond donors (Lipinski definition) is 1. The highest BCUT2D eigenvalue weighted by molar-refractivity contribution is 9.10. The van der Waals surface area contributed by atoms with Gasteiger partial charge in [-0.2, -0.15) is 0 Å². The molecule has 0 saturated carbocycles. The zero-order chi connectivity index (χ0) is 15.6. The van der Waals surface area contributed by atoms with E-state index in [1.54, 1.807) is 42.5 Å². The molecule has 0 aliphatic carbocycles. The summed E-state index contributed by atoms with van der Waals surface area (Å²) in [5.41, 5.74) is 1.07. The van der Waals surface area contributed by atoms with Gasteiger partial charge in [0.15, 0.2) is 0 Å². The van der Waals surface area contributed by atoms with E-state index in [0.29, 0.717) is 15.8 Å². The Bertz CT molecular complexity index is 896. The fourth-order valence-electron chi connectivity index (χ4n) is 1.86.